The van der Waals surface area contributed by atoms with Crippen molar-refractivity contribution < 1.29 is 18.7 Å². The molecule has 1 saturated carbocycles. The van der Waals surface area contributed by atoms with Crippen LogP contribution in [0.5, 0.6) is 5.75 Å². The second-order valence-corrected chi connectivity index (χ2v) is 8.93. The zero-order valence-electron chi connectivity index (χ0n) is 18.4. The molecule has 2 amide bonds. The molecule has 1 saturated heterocycles. The monoisotopic (exact) mass is 469 g/mol. The van der Waals surface area contributed by atoms with Gasteiger partial charge in [-0.25, -0.2) is 0 Å². The van der Waals surface area contributed by atoms with Gasteiger partial charge in [-0.1, -0.05) is 18.5 Å². The third-order valence-corrected chi connectivity index (χ3v) is 6.40. The molecule has 5 rings (SSSR count). The van der Waals surface area contributed by atoms with Crippen molar-refractivity contribution >= 4 is 40.5 Å². The number of piperazine rings is 1. The van der Waals surface area contributed by atoms with Crippen LogP contribution in [0.4, 0.5) is 6.01 Å². The van der Waals surface area contributed by atoms with Gasteiger partial charge in [0.1, 0.15) is 11.6 Å². The number of nitrogens with zero attached hydrogens (tertiary/aromatic N) is 3. The number of nitrogens with one attached hydrogen (secondary N) is 2. The van der Waals surface area contributed by atoms with Crippen LogP contribution >= 0.6 is 11.6 Å². The highest BCUT2D eigenvalue weighted by atomic mass is 35.5. The fourth-order valence-electron chi connectivity index (χ4n) is 4.25. The molecule has 0 bridgehead atoms. The second-order valence-electron chi connectivity index (χ2n) is 8.49. The largest absolute Gasteiger partial charge is 0.493 e. The fraction of sp³-hybridized carbons (Fsp3) is 0.391. The predicted octanol–water partition coefficient (Wildman–Crippen LogP) is 3.38. The second kappa shape index (κ2) is 8.22. The van der Waals surface area contributed by atoms with Crippen molar-refractivity contribution in [3.63, 3.8) is 0 Å². The van der Waals surface area contributed by atoms with Gasteiger partial charge in [0, 0.05) is 23.3 Å². The van der Waals surface area contributed by atoms with Crippen LogP contribution in [0.2, 0.25) is 5.02 Å². The van der Waals surface area contributed by atoms with Gasteiger partial charge in [0.2, 0.25) is 5.91 Å². The number of methoxy groups -OCH3 is 1. The minimum absolute atomic E-state index is 0.0924. The third kappa shape index (κ3) is 4.08. The molecule has 2 aliphatic rings. The molecule has 1 unspecified atom stereocenters. The summed E-state index contributed by atoms with van der Waals surface area (Å²) in [5.41, 5.74) is 1.77. The molecule has 2 N–H and O–H groups in total. The molecule has 2 aromatic heterocycles. The lowest BCUT2D eigenvalue weighted by Crippen LogP contribution is -2.62. The zero-order valence-corrected chi connectivity index (χ0v) is 19.1. The van der Waals surface area contributed by atoms with E-state index in [9.17, 15) is 9.59 Å². The Balaban J connectivity index is 1.42. The number of amides is 2. The minimum atomic E-state index is -0.495. The lowest BCUT2D eigenvalue weighted by molar-refractivity contribution is -0.130. The van der Waals surface area contributed by atoms with Gasteiger partial charge in [-0.3, -0.25) is 14.6 Å². The van der Waals surface area contributed by atoms with Crippen LogP contribution in [-0.2, 0) is 11.3 Å². The van der Waals surface area contributed by atoms with E-state index in [0.717, 1.165) is 18.5 Å². The first-order valence-corrected chi connectivity index (χ1v) is 11.2. The van der Waals surface area contributed by atoms with E-state index in [1.807, 2.05) is 6.92 Å². The first-order chi connectivity index (χ1) is 15.9. The highest BCUT2D eigenvalue weighted by Crippen LogP contribution is 2.40. The number of carbonyl (C=O) groups is 2. The molecule has 1 aliphatic heterocycles. The van der Waals surface area contributed by atoms with Crippen molar-refractivity contribution in [2.75, 3.05) is 19.0 Å². The van der Waals surface area contributed by atoms with Gasteiger partial charge < -0.3 is 24.7 Å². The summed E-state index contributed by atoms with van der Waals surface area (Å²) in [6, 6.07) is 6.54. The maximum absolute atomic E-state index is 13.5. The first-order valence-electron chi connectivity index (χ1n) is 10.9. The number of rotatable bonds is 6. The van der Waals surface area contributed by atoms with Crippen LogP contribution in [0.25, 0.3) is 11.1 Å². The van der Waals surface area contributed by atoms with Crippen LogP contribution in [0.15, 0.2) is 34.9 Å². The predicted molar refractivity (Wildman–Crippen MR) is 122 cm³/mol. The van der Waals surface area contributed by atoms with E-state index in [4.69, 9.17) is 20.8 Å². The van der Waals surface area contributed by atoms with E-state index in [1.54, 1.807) is 35.4 Å². The van der Waals surface area contributed by atoms with Crippen LogP contribution in [0, 0.1) is 0 Å². The first kappa shape index (κ1) is 21.5. The summed E-state index contributed by atoms with van der Waals surface area (Å²) in [7, 11) is 1.51. The summed E-state index contributed by atoms with van der Waals surface area (Å²) in [5, 5.41) is 6.75. The maximum Gasteiger partial charge on any atom is 0.296 e. The van der Waals surface area contributed by atoms with Gasteiger partial charge >= 0.3 is 0 Å². The van der Waals surface area contributed by atoms with Crippen molar-refractivity contribution in [3.8, 4) is 5.75 Å². The van der Waals surface area contributed by atoms with Crippen LogP contribution in [-0.4, -0.2) is 51.9 Å². The molecular weight excluding hydrogens is 446 g/mol. The molecule has 10 heteroatoms. The Morgan fingerprint density at radius 1 is 1.39 bits per heavy atom. The quantitative estimate of drug-likeness (QED) is 0.569. The lowest BCUT2D eigenvalue weighted by atomic mass is 10.0. The number of pyridine rings is 1. The van der Waals surface area contributed by atoms with E-state index < -0.39 is 6.04 Å². The van der Waals surface area contributed by atoms with Crippen molar-refractivity contribution in [1.82, 2.24) is 20.2 Å². The summed E-state index contributed by atoms with van der Waals surface area (Å²) in [4.78, 5) is 36.5. The number of ether oxygens (including phenoxy) is 1. The van der Waals surface area contributed by atoms with E-state index in [2.05, 4.69) is 20.6 Å². The Morgan fingerprint density at radius 3 is 2.91 bits per heavy atom. The van der Waals surface area contributed by atoms with Crippen molar-refractivity contribution in [2.24, 2.45) is 0 Å². The summed E-state index contributed by atoms with van der Waals surface area (Å²) >= 11 is 6.01. The van der Waals surface area contributed by atoms with Gasteiger partial charge in [-0.2, -0.15) is 4.98 Å². The lowest BCUT2D eigenvalue weighted by Gasteiger charge is -2.39. The molecule has 1 atom stereocenters. The highest BCUT2D eigenvalue weighted by Gasteiger charge is 2.52. The highest BCUT2D eigenvalue weighted by molar-refractivity contribution is 6.30. The molecule has 3 aromatic rings. The zero-order chi connectivity index (χ0) is 23.2. The standard InChI is InChI=1S/C23H24ClN5O4/c1-3-17-20(30)28-23(5-6-23)12-29(17)21(31)13-8-16-19(18(9-13)32-2)33-22(27-16)26-11-15-10-14(24)4-7-25-15/h4,7-10,17H,3,5-6,11-12H2,1-2H3,(H,26,27)(H,28,30). The average Bonchev–Trinajstić information content (AvgIpc) is 3.40. The van der Waals surface area contributed by atoms with Crippen LogP contribution < -0.4 is 15.4 Å². The molecule has 33 heavy (non-hydrogen) atoms. The fourth-order valence-corrected chi connectivity index (χ4v) is 4.43. The third-order valence-electron chi connectivity index (χ3n) is 6.16. The molecule has 9 nitrogen and oxygen atoms in total. The Kier molecular flexibility index (Phi) is 5.36. The van der Waals surface area contributed by atoms with Gasteiger partial charge in [0.05, 0.1) is 24.9 Å². The van der Waals surface area contributed by atoms with E-state index >= 15 is 0 Å². The molecule has 1 spiro atoms. The van der Waals surface area contributed by atoms with Gasteiger partial charge in [-0.05, 0) is 43.5 Å². The van der Waals surface area contributed by atoms with Crippen molar-refractivity contribution in [1.29, 1.82) is 0 Å². The van der Waals surface area contributed by atoms with E-state index in [0.29, 0.717) is 46.9 Å². The number of hydrogen-bond donors (Lipinski definition) is 2. The van der Waals surface area contributed by atoms with Crippen LogP contribution in [0.3, 0.4) is 0 Å². The van der Waals surface area contributed by atoms with Gasteiger partial charge in [0.15, 0.2) is 11.3 Å². The van der Waals surface area contributed by atoms with Crippen LogP contribution in [0.1, 0.15) is 42.2 Å². The Morgan fingerprint density at radius 2 is 2.21 bits per heavy atom. The number of carbonyl (C=O) groups excluding carboxylic acids is 2. The van der Waals surface area contributed by atoms with Crippen molar-refractivity contribution in [3.05, 3.63) is 46.7 Å². The molecule has 2 fully saturated rings. The maximum atomic E-state index is 13.5. The van der Waals surface area contributed by atoms with E-state index in [1.165, 1.54) is 7.11 Å². The summed E-state index contributed by atoms with van der Waals surface area (Å²) in [6.07, 6.45) is 3.95. The summed E-state index contributed by atoms with van der Waals surface area (Å²) < 4.78 is 11.3. The number of oxazole rings is 1. The minimum Gasteiger partial charge on any atom is -0.493 e. The Bertz CT molecular complexity index is 1240. The average molecular weight is 470 g/mol. The molecule has 3 heterocycles. The normalized spacial score (nSPS) is 18.9. The SMILES string of the molecule is CCC1C(=O)NC2(CC2)CN1C(=O)c1cc(OC)c2oc(NCc3cc(Cl)ccn3)nc2c1. The molecule has 1 aromatic carbocycles. The van der Waals surface area contributed by atoms with Gasteiger partial charge in [0.25, 0.3) is 11.9 Å². The van der Waals surface area contributed by atoms with Gasteiger partial charge in [-0.15, -0.1) is 0 Å². The smallest absolute Gasteiger partial charge is 0.296 e. The summed E-state index contributed by atoms with van der Waals surface area (Å²) in [5.74, 6) is 0.0851. The van der Waals surface area contributed by atoms with E-state index in [-0.39, 0.29) is 23.4 Å². The number of anilines is 1. The molecule has 1 aliphatic carbocycles. The number of fused-ring (bicyclic) bond motifs is 1. The number of hydrogen-bond acceptors (Lipinski definition) is 7. The number of halogens is 1. The summed E-state index contributed by atoms with van der Waals surface area (Å²) in [6.45, 7) is 2.78. The Labute approximate surface area is 195 Å². The Hall–Kier alpha value is -3.33. The number of benzene rings is 1. The van der Waals surface area contributed by atoms with Crippen molar-refractivity contribution in [2.45, 2.75) is 44.3 Å². The molecular formula is C23H24ClN5O4. The number of aromatic nitrogens is 2. The molecule has 172 valence electrons. The topological polar surface area (TPSA) is 110 Å². The molecule has 0 radical (unpaired) electrons.